The van der Waals surface area contributed by atoms with E-state index >= 15 is 0 Å². The molecule has 2 aromatic carbocycles. The second-order valence-corrected chi connectivity index (χ2v) is 7.56. The van der Waals surface area contributed by atoms with Gasteiger partial charge in [-0.3, -0.25) is 9.59 Å². The lowest BCUT2D eigenvalue weighted by Gasteiger charge is -2.09. The molecule has 3 N–H and O–H groups in total. The fraction of sp³-hybridized carbons (Fsp3) is 0.150. The van der Waals surface area contributed by atoms with Crippen molar-refractivity contribution in [2.45, 2.75) is 20.3 Å². The van der Waals surface area contributed by atoms with Gasteiger partial charge in [0.25, 0.3) is 5.91 Å². The highest BCUT2D eigenvalue weighted by Crippen LogP contribution is 2.29. The quantitative estimate of drug-likeness (QED) is 0.678. The van der Waals surface area contributed by atoms with Crippen molar-refractivity contribution in [3.05, 3.63) is 69.0 Å². The highest BCUT2D eigenvalue weighted by Gasteiger charge is 2.18. The minimum absolute atomic E-state index is 0.0442. The number of primary amides is 1. The van der Waals surface area contributed by atoms with E-state index in [2.05, 4.69) is 10.3 Å². The fourth-order valence-corrected chi connectivity index (χ4v) is 3.66. The van der Waals surface area contributed by atoms with Crippen molar-refractivity contribution >= 4 is 28.8 Å². The van der Waals surface area contributed by atoms with Gasteiger partial charge in [0.15, 0.2) is 0 Å². The Bertz CT molecular complexity index is 1060. The first-order chi connectivity index (χ1) is 13.2. The lowest BCUT2D eigenvalue weighted by Crippen LogP contribution is -2.18. The number of thiazole rings is 1. The third-order valence-electron chi connectivity index (χ3n) is 4.05. The van der Waals surface area contributed by atoms with Crippen LogP contribution in [0, 0.1) is 25.5 Å². The molecule has 8 heteroatoms. The summed E-state index contributed by atoms with van der Waals surface area (Å²) < 4.78 is 27.5. The number of hydrogen-bond donors (Lipinski definition) is 2. The Balaban J connectivity index is 1.84. The molecule has 0 bridgehead atoms. The molecule has 0 radical (unpaired) electrons. The SMILES string of the molecule is Cc1ccc(-c2nc(C)sc2CC(=O)Nc2cc(C(N)=O)c(F)cc2F)cc1. The van der Waals surface area contributed by atoms with Crippen LogP contribution in [0.5, 0.6) is 0 Å². The third-order valence-corrected chi connectivity index (χ3v) is 5.02. The van der Waals surface area contributed by atoms with Crippen molar-refractivity contribution in [3.8, 4) is 11.3 Å². The average molecular weight is 401 g/mol. The summed E-state index contributed by atoms with van der Waals surface area (Å²) in [6, 6.07) is 9.15. The first-order valence-corrected chi connectivity index (χ1v) is 9.18. The summed E-state index contributed by atoms with van der Waals surface area (Å²) in [7, 11) is 0. The molecule has 0 aliphatic rings. The molecule has 144 valence electrons. The molecule has 0 saturated carbocycles. The zero-order valence-electron chi connectivity index (χ0n) is 15.2. The molecule has 3 rings (SSSR count). The van der Waals surface area contributed by atoms with Crippen molar-refractivity contribution in [2.24, 2.45) is 5.73 Å². The van der Waals surface area contributed by atoms with Gasteiger partial charge < -0.3 is 11.1 Å². The first kappa shape index (κ1) is 19.6. The number of nitrogens with one attached hydrogen (secondary N) is 1. The molecule has 0 aliphatic carbocycles. The van der Waals surface area contributed by atoms with Crippen LogP contribution in [0.25, 0.3) is 11.3 Å². The topological polar surface area (TPSA) is 85.1 Å². The fourth-order valence-electron chi connectivity index (χ4n) is 2.70. The van der Waals surface area contributed by atoms with E-state index in [1.807, 2.05) is 38.1 Å². The van der Waals surface area contributed by atoms with Gasteiger partial charge in [-0.25, -0.2) is 13.8 Å². The molecule has 28 heavy (non-hydrogen) atoms. The number of hydrogen-bond acceptors (Lipinski definition) is 4. The number of carbonyl (C=O) groups excluding carboxylic acids is 2. The Morgan fingerprint density at radius 1 is 1.11 bits per heavy atom. The Morgan fingerprint density at radius 2 is 1.79 bits per heavy atom. The van der Waals surface area contributed by atoms with Crippen LogP contribution in [-0.2, 0) is 11.2 Å². The van der Waals surface area contributed by atoms with E-state index in [9.17, 15) is 18.4 Å². The number of nitrogens with zero attached hydrogens (tertiary/aromatic N) is 1. The third kappa shape index (κ3) is 4.23. The van der Waals surface area contributed by atoms with Crippen LogP contribution in [0.2, 0.25) is 0 Å². The molecule has 5 nitrogen and oxygen atoms in total. The summed E-state index contributed by atoms with van der Waals surface area (Å²) in [6.45, 7) is 3.81. The van der Waals surface area contributed by atoms with Crippen LogP contribution >= 0.6 is 11.3 Å². The minimum atomic E-state index is -1.08. The number of halogens is 2. The maximum Gasteiger partial charge on any atom is 0.251 e. The summed E-state index contributed by atoms with van der Waals surface area (Å²) in [5.41, 5.74) is 6.93. The Kier molecular flexibility index (Phi) is 5.51. The molecule has 0 saturated heterocycles. The number of aromatic nitrogens is 1. The Hall–Kier alpha value is -3.13. The van der Waals surface area contributed by atoms with Gasteiger partial charge in [-0.05, 0) is 19.9 Å². The lowest BCUT2D eigenvalue weighted by molar-refractivity contribution is -0.115. The number of amides is 2. The van der Waals surface area contributed by atoms with Gasteiger partial charge in [-0.1, -0.05) is 29.8 Å². The van der Waals surface area contributed by atoms with Gasteiger partial charge in [0.05, 0.1) is 28.4 Å². The predicted octanol–water partition coefficient (Wildman–Crippen LogP) is 3.99. The number of anilines is 1. The van der Waals surface area contributed by atoms with Gasteiger partial charge in [0.2, 0.25) is 5.91 Å². The van der Waals surface area contributed by atoms with E-state index in [1.165, 1.54) is 11.3 Å². The summed E-state index contributed by atoms with van der Waals surface area (Å²) in [5.74, 6) is -3.64. The highest BCUT2D eigenvalue weighted by molar-refractivity contribution is 7.12. The maximum atomic E-state index is 14.0. The van der Waals surface area contributed by atoms with Crippen LogP contribution in [0.15, 0.2) is 36.4 Å². The van der Waals surface area contributed by atoms with E-state index in [4.69, 9.17) is 5.73 Å². The summed E-state index contributed by atoms with van der Waals surface area (Å²) >= 11 is 1.37. The van der Waals surface area contributed by atoms with E-state index in [-0.39, 0.29) is 12.1 Å². The maximum absolute atomic E-state index is 14.0. The van der Waals surface area contributed by atoms with Crippen molar-refractivity contribution in [2.75, 3.05) is 5.32 Å². The molecule has 0 aliphatic heterocycles. The van der Waals surface area contributed by atoms with Gasteiger partial charge in [0.1, 0.15) is 11.6 Å². The summed E-state index contributed by atoms with van der Waals surface area (Å²) in [4.78, 5) is 28.9. The molecular weight excluding hydrogens is 384 g/mol. The Morgan fingerprint density at radius 3 is 2.43 bits per heavy atom. The van der Waals surface area contributed by atoms with Crippen LogP contribution in [0.4, 0.5) is 14.5 Å². The Labute approximate surface area is 164 Å². The molecule has 0 unspecified atom stereocenters. The monoisotopic (exact) mass is 401 g/mol. The normalized spacial score (nSPS) is 10.7. The largest absolute Gasteiger partial charge is 0.366 e. The van der Waals surface area contributed by atoms with Crippen molar-refractivity contribution in [1.82, 2.24) is 4.98 Å². The van der Waals surface area contributed by atoms with Gasteiger partial charge in [-0.2, -0.15) is 0 Å². The zero-order chi connectivity index (χ0) is 20.4. The number of nitrogens with two attached hydrogens (primary N) is 1. The molecule has 2 amide bonds. The molecule has 1 heterocycles. The van der Waals surface area contributed by atoms with Crippen molar-refractivity contribution < 1.29 is 18.4 Å². The van der Waals surface area contributed by atoms with E-state index in [1.54, 1.807) is 0 Å². The molecule has 0 spiro atoms. The van der Waals surface area contributed by atoms with Crippen LogP contribution in [-0.4, -0.2) is 16.8 Å². The molecule has 3 aromatic rings. The molecule has 0 atom stereocenters. The van der Waals surface area contributed by atoms with E-state index in [0.29, 0.717) is 11.8 Å². The number of aryl methyl sites for hydroxylation is 2. The molecule has 1 aromatic heterocycles. The van der Waals surface area contributed by atoms with Gasteiger partial charge >= 0.3 is 0 Å². The van der Waals surface area contributed by atoms with Crippen molar-refractivity contribution in [3.63, 3.8) is 0 Å². The molecule has 0 fully saturated rings. The van der Waals surface area contributed by atoms with E-state index in [0.717, 1.165) is 27.1 Å². The second kappa shape index (κ2) is 7.85. The number of benzene rings is 2. The van der Waals surface area contributed by atoms with Crippen LogP contribution in [0.3, 0.4) is 0 Å². The lowest BCUT2D eigenvalue weighted by atomic mass is 10.1. The average Bonchev–Trinajstić information content (AvgIpc) is 2.97. The second-order valence-electron chi connectivity index (χ2n) is 6.27. The molecular formula is C20H17F2N3O2S. The number of carbonyl (C=O) groups is 2. The standard InChI is InChI=1S/C20H17F2N3O2S/c1-10-3-5-12(6-4-10)19-17(28-11(2)24-19)9-18(26)25-16-7-13(20(23)27)14(21)8-15(16)22/h3-8H,9H2,1-2H3,(H2,23,27)(H,25,26). The summed E-state index contributed by atoms with van der Waals surface area (Å²) in [6.07, 6.45) is -0.0442. The van der Waals surface area contributed by atoms with Crippen LogP contribution < -0.4 is 11.1 Å². The predicted molar refractivity (Wildman–Crippen MR) is 104 cm³/mol. The zero-order valence-corrected chi connectivity index (χ0v) is 16.0. The summed E-state index contributed by atoms with van der Waals surface area (Å²) in [5, 5.41) is 3.16. The number of rotatable bonds is 5. The van der Waals surface area contributed by atoms with Crippen LogP contribution in [0.1, 0.15) is 25.8 Å². The van der Waals surface area contributed by atoms with Gasteiger partial charge in [0, 0.05) is 16.5 Å². The van der Waals surface area contributed by atoms with Crippen molar-refractivity contribution in [1.29, 1.82) is 0 Å². The van der Waals surface area contributed by atoms with E-state index < -0.39 is 29.0 Å². The van der Waals surface area contributed by atoms with Gasteiger partial charge in [-0.15, -0.1) is 11.3 Å². The smallest absolute Gasteiger partial charge is 0.251 e. The minimum Gasteiger partial charge on any atom is -0.366 e. The first-order valence-electron chi connectivity index (χ1n) is 8.36. The highest BCUT2D eigenvalue weighted by atomic mass is 32.1.